The number of hydrogen-bond donors (Lipinski definition) is 1. The topological polar surface area (TPSA) is 21.3 Å². The van der Waals surface area contributed by atoms with Gasteiger partial charge in [0.1, 0.15) is 11.9 Å². The molecule has 0 amide bonds. The Labute approximate surface area is 153 Å². The number of rotatable bonds is 3. The van der Waals surface area contributed by atoms with Crippen LogP contribution in [0.5, 0.6) is 5.75 Å². The van der Waals surface area contributed by atoms with Crippen molar-refractivity contribution in [2.45, 2.75) is 38.2 Å². The van der Waals surface area contributed by atoms with Crippen molar-refractivity contribution in [3.63, 3.8) is 0 Å². The zero-order chi connectivity index (χ0) is 16.7. The third kappa shape index (κ3) is 2.81. The van der Waals surface area contributed by atoms with Crippen LogP contribution in [0.3, 0.4) is 0 Å². The number of ether oxygens (including phenoxy) is 1. The predicted molar refractivity (Wildman–Crippen MR) is 101 cm³/mol. The molecule has 0 radical (unpaired) electrons. The lowest BCUT2D eigenvalue weighted by Gasteiger charge is -2.25. The second-order valence-corrected chi connectivity index (χ2v) is 7.53. The molecule has 2 atom stereocenters. The maximum absolute atomic E-state index is 6.45. The fourth-order valence-electron chi connectivity index (χ4n) is 3.90. The maximum Gasteiger partial charge on any atom is 0.126 e. The molecule has 2 heterocycles. The largest absolute Gasteiger partial charge is 0.489 e. The minimum atomic E-state index is 0.313. The third-order valence-electron chi connectivity index (χ3n) is 5.04. The molecule has 126 valence electrons. The molecule has 2 aromatic rings. The van der Waals surface area contributed by atoms with Crippen LogP contribution in [0.15, 0.2) is 30.3 Å². The van der Waals surface area contributed by atoms with Gasteiger partial charge in [-0.05, 0) is 54.8 Å². The normalized spacial score (nSPS) is 22.0. The summed E-state index contributed by atoms with van der Waals surface area (Å²) in [6, 6.07) is 10.2. The van der Waals surface area contributed by atoms with E-state index in [0.29, 0.717) is 22.1 Å². The highest BCUT2D eigenvalue weighted by Gasteiger charge is 2.37. The van der Waals surface area contributed by atoms with Crippen molar-refractivity contribution in [3.8, 4) is 16.9 Å². The van der Waals surface area contributed by atoms with Crippen molar-refractivity contribution in [1.82, 2.24) is 5.32 Å². The maximum atomic E-state index is 6.45. The smallest absolute Gasteiger partial charge is 0.126 e. The Bertz CT molecular complexity index is 774. The summed E-state index contributed by atoms with van der Waals surface area (Å²) in [5, 5.41) is 4.86. The van der Waals surface area contributed by atoms with Crippen molar-refractivity contribution in [1.29, 1.82) is 0 Å². The molecule has 0 saturated carbocycles. The number of fused-ring (bicyclic) bond motifs is 3. The highest BCUT2D eigenvalue weighted by molar-refractivity contribution is 6.36. The first-order valence-electron chi connectivity index (χ1n) is 8.67. The van der Waals surface area contributed by atoms with E-state index in [9.17, 15) is 0 Å². The van der Waals surface area contributed by atoms with Gasteiger partial charge in [-0.2, -0.15) is 0 Å². The van der Waals surface area contributed by atoms with Crippen LogP contribution in [0.25, 0.3) is 11.1 Å². The van der Waals surface area contributed by atoms with E-state index in [1.807, 2.05) is 18.2 Å². The fraction of sp³-hybridized carbons (Fsp3) is 0.400. The molecule has 2 aliphatic rings. The van der Waals surface area contributed by atoms with Gasteiger partial charge < -0.3 is 10.1 Å². The van der Waals surface area contributed by atoms with Crippen molar-refractivity contribution < 1.29 is 4.74 Å². The van der Waals surface area contributed by atoms with Gasteiger partial charge >= 0.3 is 0 Å². The van der Waals surface area contributed by atoms with Crippen LogP contribution >= 0.6 is 23.2 Å². The van der Waals surface area contributed by atoms with Crippen LogP contribution in [-0.4, -0.2) is 19.2 Å². The summed E-state index contributed by atoms with van der Waals surface area (Å²) in [6.45, 7) is 4.23. The lowest BCUT2D eigenvalue weighted by atomic mass is 9.87. The Morgan fingerprint density at radius 3 is 2.88 bits per heavy atom. The Morgan fingerprint density at radius 2 is 2.08 bits per heavy atom. The van der Waals surface area contributed by atoms with E-state index < -0.39 is 0 Å². The standard InChI is InChI=1S/C20H21Cl2NO/c1-2-3-12-8-13(15-5-4-14(21)10-18(15)22)9-16-17-11-23-7-6-19(17)24-20(12)16/h4-5,8-10,17,19,23H,2-3,6-7,11H2,1H3/t17-,19-/m0/s1. The number of benzene rings is 2. The summed E-state index contributed by atoms with van der Waals surface area (Å²) < 4.78 is 6.34. The molecule has 2 aromatic carbocycles. The van der Waals surface area contributed by atoms with E-state index in [2.05, 4.69) is 24.4 Å². The van der Waals surface area contributed by atoms with Gasteiger partial charge in [0.25, 0.3) is 0 Å². The third-order valence-corrected chi connectivity index (χ3v) is 5.59. The zero-order valence-electron chi connectivity index (χ0n) is 13.7. The summed E-state index contributed by atoms with van der Waals surface area (Å²) in [4.78, 5) is 0. The average molecular weight is 362 g/mol. The number of hydrogen-bond acceptors (Lipinski definition) is 2. The molecule has 24 heavy (non-hydrogen) atoms. The molecule has 4 rings (SSSR count). The van der Waals surface area contributed by atoms with Gasteiger partial charge in [0.15, 0.2) is 0 Å². The minimum Gasteiger partial charge on any atom is -0.489 e. The lowest BCUT2D eigenvalue weighted by Crippen LogP contribution is -2.37. The number of piperidine rings is 1. The first kappa shape index (κ1) is 16.3. The molecular weight excluding hydrogens is 341 g/mol. The summed E-state index contributed by atoms with van der Waals surface area (Å²) in [7, 11) is 0. The van der Waals surface area contributed by atoms with Gasteiger partial charge in [-0.15, -0.1) is 0 Å². The Morgan fingerprint density at radius 1 is 1.21 bits per heavy atom. The van der Waals surface area contributed by atoms with Crippen molar-refractivity contribution in [2.24, 2.45) is 0 Å². The number of halogens is 2. The molecule has 1 saturated heterocycles. The molecule has 0 aromatic heterocycles. The molecular formula is C20H21Cl2NO. The molecule has 1 fully saturated rings. The monoisotopic (exact) mass is 361 g/mol. The summed E-state index contributed by atoms with van der Waals surface area (Å²) >= 11 is 12.5. The van der Waals surface area contributed by atoms with E-state index in [0.717, 1.165) is 49.2 Å². The fourth-order valence-corrected chi connectivity index (χ4v) is 4.42. The Kier molecular flexibility index (Phi) is 4.46. The van der Waals surface area contributed by atoms with Gasteiger partial charge in [0, 0.05) is 33.6 Å². The first-order chi connectivity index (χ1) is 11.7. The summed E-state index contributed by atoms with van der Waals surface area (Å²) in [5.74, 6) is 1.56. The molecule has 1 N–H and O–H groups in total. The van der Waals surface area contributed by atoms with E-state index in [4.69, 9.17) is 27.9 Å². The highest BCUT2D eigenvalue weighted by atomic mass is 35.5. The Hall–Kier alpha value is -1.22. The van der Waals surface area contributed by atoms with Crippen LogP contribution < -0.4 is 10.1 Å². The van der Waals surface area contributed by atoms with E-state index in [1.165, 1.54) is 11.1 Å². The van der Waals surface area contributed by atoms with Crippen LogP contribution in [0, 0.1) is 0 Å². The molecule has 2 aliphatic heterocycles. The summed E-state index contributed by atoms with van der Waals surface area (Å²) in [5.41, 5.74) is 4.83. The van der Waals surface area contributed by atoms with E-state index >= 15 is 0 Å². The van der Waals surface area contributed by atoms with Crippen LogP contribution in [0.4, 0.5) is 0 Å². The van der Waals surface area contributed by atoms with Gasteiger partial charge in [-0.1, -0.05) is 42.6 Å². The first-order valence-corrected chi connectivity index (χ1v) is 9.42. The second kappa shape index (κ2) is 6.59. The molecule has 0 bridgehead atoms. The number of aryl methyl sites for hydroxylation is 1. The average Bonchev–Trinajstić information content (AvgIpc) is 2.94. The highest BCUT2D eigenvalue weighted by Crippen LogP contribution is 2.46. The Balaban J connectivity index is 1.83. The van der Waals surface area contributed by atoms with Crippen LogP contribution in [-0.2, 0) is 6.42 Å². The molecule has 0 spiro atoms. The van der Waals surface area contributed by atoms with Gasteiger partial charge in [0.05, 0.1) is 0 Å². The number of nitrogens with one attached hydrogen (secondary N) is 1. The molecule has 2 nitrogen and oxygen atoms in total. The van der Waals surface area contributed by atoms with Gasteiger partial charge in [-0.25, -0.2) is 0 Å². The second-order valence-electron chi connectivity index (χ2n) is 6.68. The minimum absolute atomic E-state index is 0.313. The zero-order valence-corrected chi connectivity index (χ0v) is 15.3. The van der Waals surface area contributed by atoms with Crippen molar-refractivity contribution in [3.05, 3.63) is 51.5 Å². The summed E-state index contributed by atoms with van der Waals surface area (Å²) in [6.07, 6.45) is 3.50. The molecule has 0 aliphatic carbocycles. The predicted octanol–water partition coefficient (Wildman–Crippen LogP) is 5.45. The van der Waals surface area contributed by atoms with E-state index in [-0.39, 0.29) is 0 Å². The quantitative estimate of drug-likeness (QED) is 0.784. The van der Waals surface area contributed by atoms with Gasteiger partial charge in [0.2, 0.25) is 0 Å². The van der Waals surface area contributed by atoms with Crippen molar-refractivity contribution >= 4 is 23.2 Å². The van der Waals surface area contributed by atoms with Crippen LogP contribution in [0.2, 0.25) is 10.0 Å². The van der Waals surface area contributed by atoms with Crippen LogP contribution in [0.1, 0.15) is 36.8 Å². The van der Waals surface area contributed by atoms with E-state index in [1.54, 1.807) is 0 Å². The van der Waals surface area contributed by atoms with Gasteiger partial charge in [-0.3, -0.25) is 0 Å². The SMILES string of the molecule is CCCc1cc(-c2ccc(Cl)cc2Cl)cc2c1O[C@H]1CCNC[C@@H]21. The molecule has 4 heteroatoms. The van der Waals surface area contributed by atoms with Crippen molar-refractivity contribution in [2.75, 3.05) is 13.1 Å². The molecule has 0 unspecified atom stereocenters. The lowest BCUT2D eigenvalue weighted by molar-refractivity contribution is 0.171.